The van der Waals surface area contributed by atoms with E-state index in [1.807, 2.05) is 0 Å². The topological polar surface area (TPSA) is 102 Å². The lowest BCUT2D eigenvalue weighted by atomic mass is 10.0. The molecule has 0 radical (unpaired) electrons. The SMILES string of the molecule is O=C(Cc1ccc([N+](=O)[O-])cc1)NCC1(O)CCOC1. The minimum atomic E-state index is -0.981. The average molecular weight is 280 g/mol. The molecule has 7 heteroatoms. The molecule has 0 spiro atoms. The molecule has 1 atom stereocenters. The average Bonchev–Trinajstić information content (AvgIpc) is 2.85. The van der Waals surface area contributed by atoms with Gasteiger partial charge in [-0.05, 0) is 5.56 Å². The summed E-state index contributed by atoms with van der Waals surface area (Å²) < 4.78 is 5.08. The number of aliphatic hydroxyl groups is 1. The van der Waals surface area contributed by atoms with E-state index in [1.54, 1.807) is 12.1 Å². The van der Waals surface area contributed by atoms with Gasteiger partial charge in [-0.2, -0.15) is 0 Å². The first-order valence-corrected chi connectivity index (χ1v) is 6.29. The lowest BCUT2D eigenvalue weighted by Crippen LogP contribution is -2.43. The quantitative estimate of drug-likeness (QED) is 0.600. The third kappa shape index (κ3) is 3.75. The minimum absolute atomic E-state index is 0.00780. The van der Waals surface area contributed by atoms with Gasteiger partial charge in [0.1, 0.15) is 5.60 Å². The number of nitro benzene ring substituents is 1. The summed E-state index contributed by atoms with van der Waals surface area (Å²) in [6, 6.07) is 5.82. The number of nitro groups is 1. The molecule has 2 rings (SSSR count). The molecule has 0 aliphatic carbocycles. The van der Waals surface area contributed by atoms with Gasteiger partial charge in [0.05, 0.1) is 18.0 Å². The third-order valence-electron chi connectivity index (χ3n) is 3.21. The zero-order valence-corrected chi connectivity index (χ0v) is 10.9. The van der Waals surface area contributed by atoms with Crippen molar-refractivity contribution in [2.24, 2.45) is 0 Å². The fraction of sp³-hybridized carbons (Fsp3) is 0.462. The van der Waals surface area contributed by atoms with Crippen LogP contribution in [0.3, 0.4) is 0 Å². The van der Waals surface area contributed by atoms with Gasteiger partial charge in [0.2, 0.25) is 5.91 Å². The van der Waals surface area contributed by atoms with Crippen LogP contribution in [-0.4, -0.2) is 41.3 Å². The predicted octanol–water partition coefficient (Wildman–Crippen LogP) is 0.405. The molecule has 0 bridgehead atoms. The molecule has 1 aromatic rings. The number of non-ortho nitro benzene ring substituents is 1. The van der Waals surface area contributed by atoms with Crippen molar-refractivity contribution in [3.63, 3.8) is 0 Å². The number of ether oxygens (including phenoxy) is 1. The van der Waals surface area contributed by atoms with Crippen molar-refractivity contribution in [2.75, 3.05) is 19.8 Å². The van der Waals surface area contributed by atoms with E-state index in [9.17, 15) is 20.0 Å². The van der Waals surface area contributed by atoms with E-state index in [0.717, 1.165) is 0 Å². The van der Waals surface area contributed by atoms with Crippen LogP contribution in [0.25, 0.3) is 0 Å². The lowest BCUT2D eigenvalue weighted by molar-refractivity contribution is -0.384. The van der Waals surface area contributed by atoms with E-state index in [2.05, 4.69) is 5.32 Å². The number of hydrogen-bond acceptors (Lipinski definition) is 5. The highest BCUT2D eigenvalue weighted by molar-refractivity contribution is 5.78. The van der Waals surface area contributed by atoms with Gasteiger partial charge in [-0.3, -0.25) is 14.9 Å². The molecule has 1 aromatic carbocycles. The maximum atomic E-state index is 11.7. The second-order valence-electron chi connectivity index (χ2n) is 4.90. The van der Waals surface area contributed by atoms with Crippen molar-refractivity contribution in [1.29, 1.82) is 0 Å². The van der Waals surface area contributed by atoms with E-state index in [0.29, 0.717) is 18.6 Å². The summed E-state index contributed by atoms with van der Waals surface area (Å²) in [5.41, 5.74) is -0.306. The van der Waals surface area contributed by atoms with Crippen molar-refractivity contribution in [1.82, 2.24) is 5.32 Å². The summed E-state index contributed by atoms with van der Waals surface area (Å²) >= 11 is 0. The zero-order valence-electron chi connectivity index (χ0n) is 10.9. The van der Waals surface area contributed by atoms with Crippen LogP contribution in [0.4, 0.5) is 5.69 Å². The Bertz CT molecular complexity index is 494. The number of carbonyl (C=O) groups excluding carboxylic acids is 1. The molecule has 0 saturated carbocycles. The first kappa shape index (κ1) is 14.4. The van der Waals surface area contributed by atoms with E-state index in [1.165, 1.54) is 12.1 Å². The second-order valence-corrected chi connectivity index (χ2v) is 4.90. The third-order valence-corrected chi connectivity index (χ3v) is 3.21. The van der Waals surface area contributed by atoms with Crippen LogP contribution in [0.5, 0.6) is 0 Å². The molecule has 1 heterocycles. The van der Waals surface area contributed by atoms with Crippen molar-refractivity contribution < 1.29 is 19.6 Å². The van der Waals surface area contributed by atoms with Gasteiger partial charge in [-0.1, -0.05) is 12.1 Å². The summed E-state index contributed by atoms with van der Waals surface area (Å²) in [4.78, 5) is 21.8. The summed E-state index contributed by atoms with van der Waals surface area (Å²) in [5, 5.41) is 23.1. The van der Waals surface area contributed by atoms with Crippen LogP contribution in [-0.2, 0) is 16.0 Å². The Labute approximate surface area is 115 Å². The largest absolute Gasteiger partial charge is 0.386 e. The van der Waals surface area contributed by atoms with Gasteiger partial charge in [0.15, 0.2) is 0 Å². The number of amides is 1. The molecule has 1 aliphatic heterocycles. The normalized spacial score (nSPS) is 21.6. The van der Waals surface area contributed by atoms with Gasteiger partial charge in [-0.15, -0.1) is 0 Å². The Morgan fingerprint density at radius 1 is 1.45 bits per heavy atom. The fourth-order valence-electron chi connectivity index (χ4n) is 1.98. The number of hydrogen-bond donors (Lipinski definition) is 2. The van der Waals surface area contributed by atoms with E-state index in [4.69, 9.17) is 4.74 Å². The van der Waals surface area contributed by atoms with Crippen molar-refractivity contribution in [3.05, 3.63) is 39.9 Å². The highest BCUT2D eigenvalue weighted by atomic mass is 16.6. The Morgan fingerprint density at radius 2 is 2.15 bits per heavy atom. The van der Waals surface area contributed by atoms with Gasteiger partial charge < -0.3 is 15.2 Å². The molecule has 1 fully saturated rings. The highest BCUT2D eigenvalue weighted by Gasteiger charge is 2.32. The number of benzene rings is 1. The summed E-state index contributed by atoms with van der Waals surface area (Å²) in [6.07, 6.45) is 0.625. The van der Waals surface area contributed by atoms with Crippen LogP contribution in [0.1, 0.15) is 12.0 Å². The maximum Gasteiger partial charge on any atom is 0.269 e. The molecule has 1 saturated heterocycles. The monoisotopic (exact) mass is 280 g/mol. The van der Waals surface area contributed by atoms with E-state index >= 15 is 0 Å². The predicted molar refractivity (Wildman–Crippen MR) is 70.2 cm³/mol. The molecule has 2 N–H and O–H groups in total. The van der Waals surface area contributed by atoms with Crippen LogP contribution in [0.15, 0.2) is 24.3 Å². The Balaban J connectivity index is 1.83. The van der Waals surface area contributed by atoms with Crippen LogP contribution in [0, 0.1) is 10.1 Å². The van der Waals surface area contributed by atoms with Crippen molar-refractivity contribution in [2.45, 2.75) is 18.4 Å². The molecule has 1 unspecified atom stereocenters. The van der Waals surface area contributed by atoms with Crippen LogP contribution >= 0.6 is 0 Å². The highest BCUT2D eigenvalue weighted by Crippen LogP contribution is 2.17. The van der Waals surface area contributed by atoms with Gasteiger partial charge in [0.25, 0.3) is 5.69 Å². The summed E-state index contributed by atoms with van der Waals surface area (Å²) in [6.45, 7) is 0.873. The lowest BCUT2D eigenvalue weighted by Gasteiger charge is -2.20. The number of rotatable bonds is 5. The van der Waals surface area contributed by atoms with E-state index in [-0.39, 0.29) is 31.2 Å². The Morgan fingerprint density at radius 3 is 2.70 bits per heavy atom. The van der Waals surface area contributed by atoms with Crippen LogP contribution < -0.4 is 5.32 Å². The fourth-order valence-corrected chi connectivity index (χ4v) is 1.98. The molecule has 108 valence electrons. The Kier molecular flexibility index (Phi) is 4.31. The smallest absolute Gasteiger partial charge is 0.269 e. The molecule has 7 nitrogen and oxygen atoms in total. The minimum Gasteiger partial charge on any atom is -0.386 e. The maximum absolute atomic E-state index is 11.7. The molecular weight excluding hydrogens is 264 g/mol. The first-order chi connectivity index (χ1) is 9.48. The van der Waals surface area contributed by atoms with Crippen molar-refractivity contribution >= 4 is 11.6 Å². The zero-order chi connectivity index (χ0) is 14.6. The molecule has 20 heavy (non-hydrogen) atoms. The van der Waals surface area contributed by atoms with Gasteiger partial charge in [-0.25, -0.2) is 0 Å². The summed E-state index contributed by atoms with van der Waals surface area (Å²) in [7, 11) is 0. The molecule has 0 aromatic heterocycles. The first-order valence-electron chi connectivity index (χ1n) is 6.29. The van der Waals surface area contributed by atoms with Gasteiger partial charge >= 0.3 is 0 Å². The number of nitrogens with one attached hydrogen (secondary N) is 1. The Hall–Kier alpha value is -1.99. The van der Waals surface area contributed by atoms with Gasteiger partial charge in [0, 0.05) is 31.7 Å². The van der Waals surface area contributed by atoms with Crippen LogP contribution in [0.2, 0.25) is 0 Å². The number of nitrogens with zero attached hydrogens (tertiary/aromatic N) is 1. The summed E-state index contributed by atoms with van der Waals surface area (Å²) in [5.74, 6) is -0.237. The molecule has 1 aliphatic rings. The second kappa shape index (κ2) is 5.98. The van der Waals surface area contributed by atoms with E-state index < -0.39 is 10.5 Å². The van der Waals surface area contributed by atoms with Crippen molar-refractivity contribution in [3.8, 4) is 0 Å². The molecular formula is C13H16N2O5. The standard InChI is InChI=1S/C13H16N2O5/c16-12(14-8-13(17)5-6-20-9-13)7-10-1-3-11(4-2-10)15(18)19/h1-4,17H,5-9H2,(H,14,16). The molecule has 1 amide bonds. The number of carbonyl (C=O) groups is 1.